The van der Waals surface area contributed by atoms with E-state index in [4.69, 9.17) is 5.11 Å². The van der Waals surface area contributed by atoms with Crippen molar-refractivity contribution in [1.29, 1.82) is 0 Å². The molecule has 0 saturated heterocycles. The summed E-state index contributed by atoms with van der Waals surface area (Å²) in [5.74, 6) is -1.77. The summed E-state index contributed by atoms with van der Waals surface area (Å²) in [6.07, 6.45) is 5.19. The lowest BCUT2D eigenvalue weighted by atomic mass is 10.1. The maximum Gasteiger partial charge on any atom is 0.448 e. The molecule has 4 heterocycles. The Morgan fingerprint density at radius 1 is 1.27 bits per heavy atom. The molecule has 0 bridgehead atoms. The van der Waals surface area contributed by atoms with Crippen LogP contribution in [0.1, 0.15) is 27.4 Å². The van der Waals surface area contributed by atoms with Crippen molar-refractivity contribution in [2.45, 2.75) is 12.6 Å². The van der Waals surface area contributed by atoms with E-state index < -0.39 is 11.9 Å². The van der Waals surface area contributed by atoms with Gasteiger partial charge in [0.15, 0.2) is 5.76 Å². The standard InChI is InChI=1S/C17H15N5O.C3H3F3O/c23-17-14-8-16(22-15(14)4-6-20-17)11-3-5-19-12(7-11)1-2-13-9-18-10-21-13;1-2(7)3(4,5)6/h1-3,5,7-10,22H,4,6H2,(H,18,21)(H,20,23);7H,1H2/b2-1+;. The monoisotopic (exact) mass is 417 g/mol. The zero-order valence-corrected chi connectivity index (χ0v) is 15.6. The van der Waals surface area contributed by atoms with E-state index in [1.54, 1.807) is 18.7 Å². The predicted molar refractivity (Wildman–Crippen MR) is 105 cm³/mol. The molecule has 0 fully saturated rings. The number of H-pyrrole nitrogens is 2. The van der Waals surface area contributed by atoms with Crippen LogP contribution >= 0.6 is 0 Å². The van der Waals surface area contributed by atoms with Gasteiger partial charge in [-0.1, -0.05) is 6.58 Å². The van der Waals surface area contributed by atoms with E-state index in [0.717, 1.165) is 40.3 Å². The molecular weight excluding hydrogens is 399 g/mol. The first-order chi connectivity index (χ1) is 14.2. The summed E-state index contributed by atoms with van der Waals surface area (Å²) in [5, 5.41) is 10.4. The maximum atomic E-state index is 11.9. The van der Waals surface area contributed by atoms with Crippen LogP contribution < -0.4 is 5.32 Å². The summed E-state index contributed by atoms with van der Waals surface area (Å²) in [7, 11) is 0. The average Bonchev–Trinajstić information content (AvgIpc) is 3.37. The zero-order valence-electron chi connectivity index (χ0n) is 15.6. The number of pyridine rings is 1. The Morgan fingerprint density at radius 3 is 2.67 bits per heavy atom. The van der Waals surface area contributed by atoms with Crippen molar-refractivity contribution in [2.24, 2.45) is 0 Å². The predicted octanol–water partition coefficient (Wildman–Crippen LogP) is 3.88. The maximum absolute atomic E-state index is 11.9. The summed E-state index contributed by atoms with van der Waals surface area (Å²) in [5.41, 5.74) is 5.43. The van der Waals surface area contributed by atoms with Gasteiger partial charge in [-0.25, -0.2) is 4.98 Å². The van der Waals surface area contributed by atoms with Gasteiger partial charge in [-0.3, -0.25) is 9.78 Å². The van der Waals surface area contributed by atoms with Gasteiger partial charge in [-0.2, -0.15) is 13.2 Å². The number of aromatic amines is 2. The molecule has 30 heavy (non-hydrogen) atoms. The van der Waals surface area contributed by atoms with Crippen LogP contribution in [0.2, 0.25) is 0 Å². The van der Waals surface area contributed by atoms with Crippen LogP contribution in [0.5, 0.6) is 0 Å². The van der Waals surface area contributed by atoms with E-state index in [9.17, 15) is 18.0 Å². The fourth-order valence-electron chi connectivity index (χ4n) is 2.69. The van der Waals surface area contributed by atoms with E-state index in [1.807, 2.05) is 30.4 Å². The summed E-state index contributed by atoms with van der Waals surface area (Å²) in [4.78, 5) is 26.6. The molecule has 0 spiro atoms. The number of hydrogen-bond acceptors (Lipinski definition) is 4. The first-order valence-electron chi connectivity index (χ1n) is 8.82. The van der Waals surface area contributed by atoms with Gasteiger partial charge in [0, 0.05) is 36.1 Å². The van der Waals surface area contributed by atoms with Crippen molar-refractivity contribution in [3.63, 3.8) is 0 Å². The molecule has 3 aromatic heterocycles. The summed E-state index contributed by atoms with van der Waals surface area (Å²) in [6.45, 7) is 2.94. The van der Waals surface area contributed by atoms with Crippen LogP contribution in [-0.2, 0) is 6.42 Å². The number of allylic oxidation sites excluding steroid dienone is 1. The van der Waals surface area contributed by atoms with Gasteiger partial charge in [-0.05, 0) is 30.4 Å². The van der Waals surface area contributed by atoms with Crippen LogP contribution in [0, 0.1) is 0 Å². The lowest BCUT2D eigenvalue weighted by Crippen LogP contribution is -2.31. The van der Waals surface area contributed by atoms with Crippen molar-refractivity contribution in [3.8, 4) is 11.3 Å². The van der Waals surface area contributed by atoms with Gasteiger partial charge in [0.2, 0.25) is 0 Å². The van der Waals surface area contributed by atoms with Crippen molar-refractivity contribution >= 4 is 18.1 Å². The largest absolute Gasteiger partial charge is 0.505 e. The minimum atomic E-state index is -4.64. The highest BCUT2D eigenvalue weighted by Crippen LogP contribution is 2.24. The van der Waals surface area contributed by atoms with Crippen LogP contribution in [0.3, 0.4) is 0 Å². The molecule has 7 nitrogen and oxygen atoms in total. The first-order valence-corrected chi connectivity index (χ1v) is 8.82. The summed E-state index contributed by atoms with van der Waals surface area (Å²) >= 11 is 0. The number of aliphatic hydroxyl groups is 1. The smallest absolute Gasteiger partial charge is 0.448 e. The van der Waals surface area contributed by atoms with Gasteiger partial charge < -0.3 is 20.4 Å². The molecule has 0 aromatic carbocycles. The van der Waals surface area contributed by atoms with Gasteiger partial charge in [-0.15, -0.1) is 0 Å². The molecule has 4 rings (SSSR count). The molecule has 156 valence electrons. The van der Waals surface area contributed by atoms with Crippen LogP contribution in [0.15, 0.2) is 49.3 Å². The molecule has 4 N–H and O–H groups in total. The number of carbonyl (C=O) groups excluding carboxylic acids is 1. The number of carbonyl (C=O) groups is 1. The number of halogens is 3. The molecule has 3 aromatic rings. The molecule has 0 radical (unpaired) electrons. The highest BCUT2D eigenvalue weighted by molar-refractivity contribution is 5.97. The normalized spacial score (nSPS) is 13.4. The minimum Gasteiger partial charge on any atom is -0.505 e. The number of hydrogen-bond donors (Lipinski definition) is 4. The summed E-state index contributed by atoms with van der Waals surface area (Å²) < 4.78 is 32.5. The fraction of sp³-hybridized carbons (Fsp3) is 0.150. The first kappa shape index (κ1) is 20.9. The second-order valence-corrected chi connectivity index (χ2v) is 6.34. The number of nitrogens with one attached hydrogen (secondary N) is 3. The number of alkyl halides is 3. The molecule has 10 heteroatoms. The zero-order chi connectivity index (χ0) is 21.7. The number of amides is 1. The molecule has 0 unspecified atom stereocenters. The Bertz CT molecular complexity index is 1070. The SMILES string of the molecule is C=C(O)C(F)(F)F.O=C1NCCc2[nH]c(-c3ccnc(/C=C/c4cnc[nH]4)c3)cc21. The van der Waals surface area contributed by atoms with Gasteiger partial charge in [0.05, 0.1) is 29.5 Å². The Hall–Kier alpha value is -3.82. The Kier molecular flexibility index (Phi) is 6.05. The number of nitrogens with zero attached hydrogens (tertiary/aromatic N) is 2. The molecule has 0 atom stereocenters. The molecular formula is C20H18F3N5O2. The van der Waals surface area contributed by atoms with E-state index in [1.165, 1.54) is 0 Å². The average molecular weight is 417 g/mol. The van der Waals surface area contributed by atoms with E-state index in [-0.39, 0.29) is 5.91 Å². The third-order valence-corrected chi connectivity index (χ3v) is 4.18. The van der Waals surface area contributed by atoms with Crippen LogP contribution in [0.4, 0.5) is 13.2 Å². The number of aromatic nitrogens is 4. The highest BCUT2D eigenvalue weighted by Gasteiger charge is 2.31. The van der Waals surface area contributed by atoms with Gasteiger partial charge >= 0.3 is 6.18 Å². The minimum absolute atomic E-state index is 0.0119. The second kappa shape index (κ2) is 8.68. The number of imidazole rings is 1. The van der Waals surface area contributed by atoms with E-state index >= 15 is 0 Å². The van der Waals surface area contributed by atoms with Crippen molar-refractivity contribution in [1.82, 2.24) is 25.3 Å². The lowest BCUT2D eigenvalue weighted by molar-refractivity contribution is -0.119. The fourth-order valence-corrected chi connectivity index (χ4v) is 2.69. The second-order valence-electron chi connectivity index (χ2n) is 6.34. The lowest BCUT2D eigenvalue weighted by Gasteiger charge is -2.10. The molecule has 0 saturated carbocycles. The van der Waals surface area contributed by atoms with Crippen molar-refractivity contribution < 1.29 is 23.1 Å². The summed E-state index contributed by atoms with van der Waals surface area (Å²) in [6, 6.07) is 5.83. The van der Waals surface area contributed by atoms with Gasteiger partial charge in [0.1, 0.15) is 0 Å². The van der Waals surface area contributed by atoms with E-state index in [0.29, 0.717) is 6.54 Å². The quantitative estimate of drug-likeness (QED) is 0.485. The van der Waals surface area contributed by atoms with E-state index in [2.05, 4.69) is 31.8 Å². The topological polar surface area (TPSA) is 107 Å². The molecule has 1 aliphatic rings. The molecule has 1 amide bonds. The number of fused-ring (bicyclic) bond motifs is 1. The highest BCUT2D eigenvalue weighted by atomic mass is 19.4. The number of rotatable bonds is 3. The number of aliphatic hydroxyl groups excluding tert-OH is 1. The van der Waals surface area contributed by atoms with Crippen molar-refractivity contribution in [2.75, 3.05) is 6.54 Å². The Labute approximate surface area is 169 Å². The van der Waals surface area contributed by atoms with Crippen LogP contribution in [0.25, 0.3) is 23.4 Å². The van der Waals surface area contributed by atoms with Gasteiger partial charge in [0.25, 0.3) is 5.91 Å². The van der Waals surface area contributed by atoms with Crippen molar-refractivity contribution in [3.05, 3.63) is 71.9 Å². The third-order valence-electron chi connectivity index (χ3n) is 4.18. The van der Waals surface area contributed by atoms with Crippen LogP contribution in [-0.4, -0.2) is 43.7 Å². The Morgan fingerprint density at radius 2 is 2.03 bits per heavy atom. The third kappa shape index (κ3) is 5.16. The molecule has 1 aliphatic heterocycles. The Balaban J connectivity index is 0.000000318. The molecule has 0 aliphatic carbocycles.